The van der Waals surface area contributed by atoms with E-state index in [1.165, 1.54) is 5.39 Å². The number of nitrogens with zero attached hydrogens (tertiary/aromatic N) is 1. The molecule has 17 heavy (non-hydrogen) atoms. The molecule has 0 unspecified atom stereocenters. The monoisotopic (exact) mass is 250 g/mol. The molecule has 0 atom stereocenters. The van der Waals surface area contributed by atoms with Crippen LogP contribution in [0.15, 0.2) is 36.5 Å². The van der Waals surface area contributed by atoms with Gasteiger partial charge in [-0.05, 0) is 11.5 Å². The van der Waals surface area contributed by atoms with Crippen LogP contribution in [0.5, 0.6) is 0 Å². The Hall–Kier alpha value is -1.32. The smallest absolute Gasteiger partial charge is 0.133 e. The summed E-state index contributed by atoms with van der Waals surface area (Å²) in [6.07, 6.45) is 1.81. The molecule has 0 amide bonds. The molecule has 1 aromatic carbocycles. The minimum absolute atomic E-state index is 0.534. The Balaban J connectivity index is 1.98. The molecule has 3 nitrogen and oxygen atoms in total. The number of alkyl halides is 1. The van der Waals surface area contributed by atoms with Gasteiger partial charge in [0.05, 0.1) is 13.2 Å². The van der Waals surface area contributed by atoms with Crippen LogP contribution in [0.2, 0.25) is 0 Å². The van der Waals surface area contributed by atoms with Gasteiger partial charge in [-0.15, -0.1) is 11.6 Å². The number of nitrogens with one attached hydrogen (secondary N) is 1. The molecule has 1 heterocycles. The van der Waals surface area contributed by atoms with Crippen LogP contribution in [-0.2, 0) is 4.74 Å². The van der Waals surface area contributed by atoms with Crippen molar-refractivity contribution in [2.24, 2.45) is 0 Å². The minimum atomic E-state index is 0.534. The Morgan fingerprint density at radius 2 is 2.06 bits per heavy atom. The first kappa shape index (κ1) is 12.1. The van der Waals surface area contributed by atoms with Crippen LogP contribution in [0, 0.1) is 0 Å². The highest BCUT2D eigenvalue weighted by molar-refractivity contribution is 6.17. The number of fused-ring (bicyclic) bond motifs is 1. The molecule has 0 aliphatic rings. The molecule has 0 aliphatic carbocycles. The third-order valence-corrected chi connectivity index (χ3v) is 2.59. The van der Waals surface area contributed by atoms with Crippen molar-refractivity contribution < 1.29 is 4.74 Å². The largest absolute Gasteiger partial charge is 0.378 e. The van der Waals surface area contributed by atoms with Crippen LogP contribution in [0.25, 0.3) is 10.8 Å². The number of benzene rings is 1. The molecule has 1 aromatic heterocycles. The molecule has 2 rings (SSSR count). The molecule has 1 N–H and O–H groups in total. The summed E-state index contributed by atoms with van der Waals surface area (Å²) < 4.78 is 5.29. The summed E-state index contributed by atoms with van der Waals surface area (Å²) in [4.78, 5) is 4.33. The molecule has 4 heteroatoms. The van der Waals surface area contributed by atoms with Crippen molar-refractivity contribution in [1.82, 2.24) is 4.98 Å². The van der Waals surface area contributed by atoms with Gasteiger partial charge in [-0.2, -0.15) is 0 Å². The first-order valence-electron chi connectivity index (χ1n) is 5.63. The average Bonchev–Trinajstić information content (AvgIpc) is 2.39. The molecule has 0 fully saturated rings. The maximum atomic E-state index is 5.52. The molecule has 0 saturated heterocycles. The van der Waals surface area contributed by atoms with E-state index in [2.05, 4.69) is 22.4 Å². The number of ether oxygens (including phenoxy) is 1. The van der Waals surface area contributed by atoms with Gasteiger partial charge in [0.2, 0.25) is 0 Å². The third-order valence-electron chi connectivity index (χ3n) is 2.43. The normalized spacial score (nSPS) is 10.6. The Bertz CT molecular complexity index is 470. The number of anilines is 1. The van der Waals surface area contributed by atoms with E-state index in [4.69, 9.17) is 16.3 Å². The van der Waals surface area contributed by atoms with Crippen LogP contribution < -0.4 is 5.32 Å². The summed E-state index contributed by atoms with van der Waals surface area (Å²) in [5.41, 5.74) is 0. The number of aromatic nitrogens is 1. The number of hydrogen-bond donors (Lipinski definition) is 1. The fourth-order valence-corrected chi connectivity index (χ4v) is 1.77. The fourth-order valence-electron chi connectivity index (χ4n) is 1.66. The molecular formula is C13H15ClN2O. The predicted octanol–water partition coefficient (Wildman–Crippen LogP) is 2.90. The second-order valence-electron chi connectivity index (χ2n) is 3.61. The van der Waals surface area contributed by atoms with E-state index in [-0.39, 0.29) is 0 Å². The number of hydrogen-bond acceptors (Lipinski definition) is 3. The third kappa shape index (κ3) is 3.32. The molecule has 90 valence electrons. The second-order valence-corrected chi connectivity index (χ2v) is 3.99. The van der Waals surface area contributed by atoms with Crippen molar-refractivity contribution >= 4 is 28.2 Å². The van der Waals surface area contributed by atoms with Crippen LogP contribution in [-0.4, -0.2) is 30.6 Å². The van der Waals surface area contributed by atoms with Gasteiger partial charge in [0, 0.05) is 24.0 Å². The SMILES string of the molecule is ClCCOCCNc1nccc2ccccc12. The van der Waals surface area contributed by atoms with Gasteiger partial charge in [-0.3, -0.25) is 0 Å². The first-order chi connectivity index (χ1) is 8.42. The summed E-state index contributed by atoms with van der Waals surface area (Å²) in [5, 5.41) is 5.59. The van der Waals surface area contributed by atoms with E-state index in [1.807, 2.05) is 24.4 Å². The van der Waals surface area contributed by atoms with E-state index in [1.54, 1.807) is 0 Å². The van der Waals surface area contributed by atoms with Gasteiger partial charge in [0.25, 0.3) is 0 Å². The van der Waals surface area contributed by atoms with E-state index in [9.17, 15) is 0 Å². The number of rotatable bonds is 6. The zero-order valence-corrected chi connectivity index (χ0v) is 10.3. The minimum Gasteiger partial charge on any atom is -0.378 e. The van der Waals surface area contributed by atoms with Crippen molar-refractivity contribution in [2.75, 3.05) is 31.0 Å². The highest BCUT2D eigenvalue weighted by atomic mass is 35.5. The van der Waals surface area contributed by atoms with E-state index >= 15 is 0 Å². The van der Waals surface area contributed by atoms with E-state index < -0.39 is 0 Å². The standard InChI is InChI=1S/C13H15ClN2O/c14-6-9-17-10-8-16-13-12-4-2-1-3-11(12)5-7-15-13/h1-5,7H,6,8-10H2,(H,15,16). The molecular weight excluding hydrogens is 236 g/mol. The molecule has 2 aromatic rings. The highest BCUT2D eigenvalue weighted by Crippen LogP contribution is 2.19. The van der Waals surface area contributed by atoms with Gasteiger partial charge >= 0.3 is 0 Å². The lowest BCUT2D eigenvalue weighted by molar-refractivity contribution is 0.160. The quantitative estimate of drug-likeness (QED) is 0.632. The van der Waals surface area contributed by atoms with Gasteiger partial charge < -0.3 is 10.1 Å². The zero-order chi connectivity index (χ0) is 11.9. The van der Waals surface area contributed by atoms with Gasteiger partial charge in [-0.25, -0.2) is 4.98 Å². The summed E-state index contributed by atoms with van der Waals surface area (Å²) in [6.45, 7) is 1.96. The van der Waals surface area contributed by atoms with E-state index in [0.717, 1.165) is 17.7 Å². The Morgan fingerprint density at radius 1 is 1.18 bits per heavy atom. The van der Waals surface area contributed by atoms with E-state index in [0.29, 0.717) is 19.1 Å². The maximum Gasteiger partial charge on any atom is 0.133 e. The van der Waals surface area contributed by atoms with Crippen LogP contribution in [0.1, 0.15) is 0 Å². The van der Waals surface area contributed by atoms with Crippen LogP contribution in [0.3, 0.4) is 0 Å². The maximum absolute atomic E-state index is 5.52. The molecule has 0 spiro atoms. The average molecular weight is 251 g/mol. The summed E-state index contributed by atoms with van der Waals surface area (Å²) in [5.74, 6) is 1.43. The second kappa shape index (κ2) is 6.42. The summed E-state index contributed by atoms with van der Waals surface area (Å²) in [7, 11) is 0. The molecule has 0 saturated carbocycles. The predicted molar refractivity (Wildman–Crippen MR) is 71.8 cm³/mol. The van der Waals surface area contributed by atoms with Crippen LogP contribution in [0.4, 0.5) is 5.82 Å². The summed E-state index contributed by atoms with van der Waals surface area (Å²) >= 11 is 5.52. The lowest BCUT2D eigenvalue weighted by atomic mass is 10.1. The lowest BCUT2D eigenvalue weighted by Crippen LogP contribution is -2.11. The Kier molecular flexibility index (Phi) is 4.59. The topological polar surface area (TPSA) is 34.1 Å². The van der Waals surface area contributed by atoms with Crippen molar-refractivity contribution in [3.8, 4) is 0 Å². The molecule has 0 bridgehead atoms. The van der Waals surface area contributed by atoms with Crippen molar-refractivity contribution in [3.05, 3.63) is 36.5 Å². The summed E-state index contributed by atoms with van der Waals surface area (Å²) in [6, 6.07) is 10.2. The molecule has 0 radical (unpaired) electrons. The van der Waals surface area contributed by atoms with Gasteiger partial charge in [0.15, 0.2) is 0 Å². The first-order valence-corrected chi connectivity index (χ1v) is 6.16. The van der Waals surface area contributed by atoms with Crippen molar-refractivity contribution in [1.29, 1.82) is 0 Å². The number of pyridine rings is 1. The van der Waals surface area contributed by atoms with Gasteiger partial charge in [-0.1, -0.05) is 24.3 Å². The fraction of sp³-hybridized carbons (Fsp3) is 0.308. The lowest BCUT2D eigenvalue weighted by Gasteiger charge is -2.08. The number of halogens is 1. The van der Waals surface area contributed by atoms with Crippen molar-refractivity contribution in [2.45, 2.75) is 0 Å². The Labute approximate surface area is 106 Å². The zero-order valence-electron chi connectivity index (χ0n) is 9.53. The highest BCUT2D eigenvalue weighted by Gasteiger charge is 2.00. The Morgan fingerprint density at radius 3 is 2.94 bits per heavy atom. The van der Waals surface area contributed by atoms with Crippen LogP contribution >= 0.6 is 11.6 Å². The van der Waals surface area contributed by atoms with Crippen molar-refractivity contribution in [3.63, 3.8) is 0 Å². The molecule has 0 aliphatic heterocycles. The van der Waals surface area contributed by atoms with Gasteiger partial charge in [0.1, 0.15) is 5.82 Å².